The van der Waals surface area contributed by atoms with Gasteiger partial charge in [-0.25, -0.2) is 0 Å². The van der Waals surface area contributed by atoms with Gasteiger partial charge in [-0.1, -0.05) is 43.7 Å². The van der Waals surface area contributed by atoms with Crippen LogP contribution in [0.3, 0.4) is 0 Å². The zero-order valence-corrected chi connectivity index (χ0v) is 7.46. The summed E-state index contributed by atoms with van der Waals surface area (Å²) in [6.07, 6.45) is 1.82. The smallest absolute Gasteiger partial charge is 0.0899 e. The Labute approximate surface area is 73.6 Å². The number of hydrogen-bond acceptors (Lipinski definition) is 2. The van der Waals surface area contributed by atoms with Gasteiger partial charge in [0.15, 0.2) is 0 Å². The van der Waals surface area contributed by atoms with Crippen LogP contribution in [0.4, 0.5) is 0 Å². The van der Waals surface area contributed by atoms with Crippen LogP contribution in [-0.4, -0.2) is 0 Å². The normalized spacial score (nSPS) is 11.6. The highest BCUT2D eigenvalue weighted by Gasteiger charge is 2.19. The summed E-state index contributed by atoms with van der Waals surface area (Å²) < 4.78 is 0. The van der Waals surface area contributed by atoms with E-state index in [9.17, 15) is 0 Å². The fourth-order valence-corrected chi connectivity index (χ4v) is 1.31. The van der Waals surface area contributed by atoms with E-state index in [2.05, 4.69) is 6.92 Å². The summed E-state index contributed by atoms with van der Waals surface area (Å²) >= 11 is 0. The Hall–Kier alpha value is -0.860. The maximum absolute atomic E-state index is 5.93. The molecule has 2 nitrogen and oxygen atoms in total. The Morgan fingerprint density at radius 1 is 1.17 bits per heavy atom. The molecular weight excluding hydrogens is 148 g/mol. The minimum Gasteiger partial charge on any atom is -0.310 e. The Morgan fingerprint density at radius 3 is 2.25 bits per heavy atom. The SMILES string of the molecule is CCCC(N)(N)c1ccccc1. The van der Waals surface area contributed by atoms with Gasteiger partial charge in [0.2, 0.25) is 0 Å². The quantitative estimate of drug-likeness (QED) is 0.666. The van der Waals surface area contributed by atoms with E-state index < -0.39 is 5.66 Å². The van der Waals surface area contributed by atoms with Gasteiger partial charge in [-0.2, -0.15) is 0 Å². The number of nitrogens with two attached hydrogens (primary N) is 2. The number of rotatable bonds is 3. The lowest BCUT2D eigenvalue weighted by molar-refractivity contribution is 0.421. The van der Waals surface area contributed by atoms with Gasteiger partial charge in [-0.05, 0) is 12.0 Å². The molecule has 1 rings (SSSR count). The lowest BCUT2D eigenvalue weighted by atomic mass is 9.97. The molecule has 0 aliphatic rings. The van der Waals surface area contributed by atoms with E-state index >= 15 is 0 Å². The summed E-state index contributed by atoms with van der Waals surface area (Å²) in [6.45, 7) is 2.08. The largest absolute Gasteiger partial charge is 0.310 e. The van der Waals surface area contributed by atoms with Gasteiger partial charge in [0.25, 0.3) is 0 Å². The molecule has 0 atom stereocenters. The Balaban J connectivity index is 2.82. The molecule has 0 spiro atoms. The second kappa shape index (κ2) is 3.70. The lowest BCUT2D eigenvalue weighted by Gasteiger charge is -2.24. The fourth-order valence-electron chi connectivity index (χ4n) is 1.31. The Morgan fingerprint density at radius 2 is 1.75 bits per heavy atom. The van der Waals surface area contributed by atoms with Crippen molar-refractivity contribution in [2.75, 3.05) is 0 Å². The molecule has 1 aromatic rings. The maximum atomic E-state index is 5.93. The highest BCUT2D eigenvalue weighted by molar-refractivity contribution is 5.22. The van der Waals surface area contributed by atoms with Crippen molar-refractivity contribution in [3.05, 3.63) is 35.9 Å². The van der Waals surface area contributed by atoms with Gasteiger partial charge in [0, 0.05) is 0 Å². The predicted molar refractivity (Wildman–Crippen MR) is 51.4 cm³/mol. The van der Waals surface area contributed by atoms with Crippen LogP contribution in [0.1, 0.15) is 25.3 Å². The molecule has 0 aromatic heterocycles. The van der Waals surface area contributed by atoms with Gasteiger partial charge in [0.05, 0.1) is 5.66 Å². The molecule has 0 radical (unpaired) electrons. The molecule has 1 aromatic carbocycles. The Bertz CT molecular complexity index is 229. The lowest BCUT2D eigenvalue weighted by Crippen LogP contribution is -2.45. The van der Waals surface area contributed by atoms with Crippen LogP contribution in [0.25, 0.3) is 0 Å². The monoisotopic (exact) mass is 164 g/mol. The summed E-state index contributed by atoms with van der Waals surface area (Å²) in [4.78, 5) is 0. The third-order valence-corrected chi connectivity index (χ3v) is 1.97. The van der Waals surface area contributed by atoms with Crippen LogP contribution in [0.5, 0.6) is 0 Å². The average molecular weight is 164 g/mol. The minimum absolute atomic E-state index is 0.657. The summed E-state index contributed by atoms with van der Waals surface area (Å²) in [7, 11) is 0. The average Bonchev–Trinajstić information content (AvgIpc) is 2.06. The van der Waals surface area contributed by atoms with Crippen molar-refractivity contribution < 1.29 is 0 Å². The summed E-state index contributed by atoms with van der Waals surface area (Å²) in [5.74, 6) is 0. The van der Waals surface area contributed by atoms with E-state index in [0.29, 0.717) is 0 Å². The predicted octanol–water partition coefficient (Wildman–Crippen LogP) is 1.56. The molecule has 0 fully saturated rings. The molecule has 0 aliphatic heterocycles. The molecule has 0 heterocycles. The molecule has 66 valence electrons. The summed E-state index contributed by atoms with van der Waals surface area (Å²) in [5.41, 5.74) is 12.2. The Kier molecular flexibility index (Phi) is 2.84. The van der Waals surface area contributed by atoms with Crippen LogP contribution in [0.2, 0.25) is 0 Å². The molecule has 0 amide bonds. The van der Waals surface area contributed by atoms with Crippen molar-refractivity contribution in [1.29, 1.82) is 0 Å². The van der Waals surface area contributed by atoms with Crippen molar-refractivity contribution in [3.63, 3.8) is 0 Å². The molecule has 12 heavy (non-hydrogen) atoms. The number of benzene rings is 1. The zero-order valence-electron chi connectivity index (χ0n) is 7.46. The third-order valence-electron chi connectivity index (χ3n) is 1.97. The summed E-state index contributed by atoms with van der Waals surface area (Å²) in [5, 5.41) is 0. The molecule has 0 saturated carbocycles. The van der Waals surface area contributed by atoms with E-state index in [4.69, 9.17) is 11.5 Å². The van der Waals surface area contributed by atoms with Crippen LogP contribution < -0.4 is 11.5 Å². The zero-order chi connectivity index (χ0) is 9.03. The van der Waals surface area contributed by atoms with Crippen LogP contribution >= 0.6 is 0 Å². The molecule has 0 unspecified atom stereocenters. The summed E-state index contributed by atoms with van der Waals surface area (Å²) in [6, 6.07) is 9.82. The molecular formula is C10H16N2. The standard InChI is InChI=1S/C10H16N2/c1-2-8-10(11,12)9-6-4-3-5-7-9/h3-7H,2,8,11-12H2,1H3. The van der Waals surface area contributed by atoms with E-state index in [1.165, 1.54) is 0 Å². The van der Waals surface area contributed by atoms with Crippen LogP contribution in [0.15, 0.2) is 30.3 Å². The van der Waals surface area contributed by atoms with Crippen molar-refractivity contribution in [1.82, 2.24) is 0 Å². The number of hydrogen-bond donors (Lipinski definition) is 2. The molecule has 2 heteroatoms. The molecule has 0 bridgehead atoms. The maximum Gasteiger partial charge on any atom is 0.0899 e. The van der Waals surface area contributed by atoms with Gasteiger partial charge >= 0.3 is 0 Å². The van der Waals surface area contributed by atoms with Crippen LogP contribution in [0, 0.1) is 0 Å². The van der Waals surface area contributed by atoms with E-state index in [0.717, 1.165) is 18.4 Å². The molecule has 0 saturated heterocycles. The highest BCUT2D eigenvalue weighted by atomic mass is 14.9. The first kappa shape index (κ1) is 9.23. The van der Waals surface area contributed by atoms with E-state index in [-0.39, 0.29) is 0 Å². The van der Waals surface area contributed by atoms with Gasteiger partial charge in [-0.3, -0.25) is 0 Å². The van der Waals surface area contributed by atoms with Crippen molar-refractivity contribution in [3.8, 4) is 0 Å². The minimum atomic E-state index is -0.657. The second-order valence-corrected chi connectivity index (χ2v) is 3.16. The van der Waals surface area contributed by atoms with Gasteiger partial charge in [-0.15, -0.1) is 0 Å². The van der Waals surface area contributed by atoms with Crippen molar-refractivity contribution >= 4 is 0 Å². The van der Waals surface area contributed by atoms with Gasteiger partial charge in [0.1, 0.15) is 0 Å². The van der Waals surface area contributed by atoms with Crippen LogP contribution in [-0.2, 0) is 5.66 Å². The first-order valence-corrected chi connectivity index (χ1v) is 4.30. The second-order valence-electron chi connectivity index (χ2n) is 3.16. The van der Waals surface area contributed by atoms with E-state index in [1.807, 2.05) is 30.3 Å². The highest BCUT2D eigenvalue weighted by Crippen LogP contribution is 2.16. The topological polar surface area (TPSA) is 52.0 Å². The molecule has 4 N–H and O–H groups in total. The first-order chi connectivity index (χ1) is 5.67. The third kappa shape index (κ3) is 2.06. The van der Waals surface area contributed by atoms with Crippen molar-refractivity contribution in [2.45, 2.75) is 25.4 Å². The van der Waals surface area contributed by atoms with E-state index in [1.54, 1.807) is 0 Å². The molecule has 0 aliphatic carbocycles. The van der Waals surface area contributed by atoms with Gasteiger partial charge < -0.3 is 11.5 Å². The van der Waals surface area contributed by atoms with Crippen molar-refractivity contribution in [2.24, 2.45) is 11.5 Å². The first-order valence-electron chi connectivity index (χ1n) is 4.30. The fraction of sp³-hybridized carbons (Fsp3) is 0.400.